The average Bonchev–Trinajstić information content (AvgIpc) is 2.93. The smallest absolute Gasteiger partial charge is 0.340 e. The standard InChI is InChI=1S/C15H15NO3S/c1-3-19-15(18)13-10(2)6-4-7-11(13)16-14(17)12-8-5-9-20-12/h4-9H,3H2,1-2H3,(H,16,17). The highest BCUT2D eigenvalue weighted by Crippen LogP contribution is 2.22. The molecule has 0 unspecified atom stereocenters. The zero-order valence-corrected chi connectivity index (χ0v) is 12.1. The van der Waals surface area contributed by atoms with E-state index in [4.69, 9.17) is 4.74 Å². The van der Waals surface area contributed by atoms with Gasteiger partial charge in [-0.3, -0.25) is 4.79 Å². The Balaban J connectivity index is 2.30. The third-order valence-corrected chi connectivity index (χ3v) is 3.61. The van der Waals surface area contributed by atoms with Crippen LogP contribution in [-0.2, 0) is 4.74 Å². The normalized spacial score (nSPS) is 10.1. The first-order valence-electron chi connectivity index (χ1n) is 6.25. The molecule has 0 atom stereocenters. The van der Waals surface area contributed by atoms with E-state index in [9.17, 15) is 9.59 Å². The Labute approximate surface area is 121 Å². The first-order chi connectivity index (χ1) is 9.63. The van der Waals surface area contributed by atoms with Gasteiger partial charge < -0.3 is 10.1 Å². The molecule has 0 aliphatic carbocycles. The molecule has 20 heavy (non-hydrogen) atoms. The molecule has 4 nitrogen and oxygen atoms in total. The van der Waals surface area contributed by atoms with Crippen molar-refractivity contribution >= 4 is 28.9 Å². The lowest BCUT2D eigenvalue weighted by Crippen LogP contribution is -2.16. The summed E-state index contributed by atoms with van der Waals surface area (Å²) < 4.78 is 5.03. The second kappa shape index (κ2) is 6.34. The highest BCUT2D eigenvalue weighted by atomic mass is 32.1. The van der Waals surface area contributed by atoms with Crippen LogP contribution in [0.5, 0.6) is 0 Å². The summed E-state index contributed by atoms with van der Waals surface area (Å²) in [5.74, 6) is -0.650. The number of carbonyl (C=O) groups excluding carboxylic acids is 2. The number of hydrogen-bond donors (Lipinski definition) is 1. The number of thiophene rings is 1. The molecule has 0 saturated heterocycles. The van der Waals surface area contributed by atoms with Crippen LogP contribution in [0.3, 0.4) is 0 Å². The molecule has 1 amide bonds. The van der Waals surface area contributed by atoms with Crippen molar-refractivity contribution in [3.8, 4) is 0 Å². The van der Waals surface area contributed by atoms with E-state index >= 15 is 0 Å². The number of rotatable bonds is 4. The van der Waals surface area contributed by atoms with Gasteiger partial charge >= 0.3 is 5.97 Å². The van der Waals surface area contributed by atoms with Crippen LogP contribution in [0.4, 0.5) is 5.69 Å². The molecule has 0 aliphatic heterocycles. The van der Waals surface area contributed by atoms with Crippen LogP contribution in [0.1, 0.15) is 32.5 Å². The van der Waals surface area contributed by atoms with Crippen molar-refractivity contribution in [2.24, 2.45) is 0 Å². The van der Waals surface area contributed by atoms with E-state index in [0.717, 1.165) is 5.56 Å². The lowest BCUT2D eigenvalue weighted by Gasteiger charge is -2.12. The number of anilines is 1. The van der Waals surface area contributed by atoms with Gasteiger partial charge in [0.05, 0.1) is 22.7 Å². The molecule has 0 radical (unpaired) electrons. The monoisotopic (exact) mass is 289 g/mol. The molecule has 104 valence electrons. The van der Waals surface area contributed by atoms with E-state index in [1.165, 1.54) is 11.3 Å². The molecule has 1 aromatic carbocycles. The Morgan fingerprint density at radius 2 is 2.05 bits per heavy atom. The Bertz CT molecular complexity index is 620. The van der Waals surface area contributed by atoms with Crippen LogP contribution in [0, 0.1) is 6.92 Å². The van der Waals surface area contributed by atoms with Crippen LogP contribution in [0.2, 0.25) is 0 Å². The molecular weight excluding hydrogens is 274 g/mol. The summed E-state index contributed by atoms with van der Waals surface area (Å²) in [6, 6.07) is 8.85. The van der Waals surface area contributed by atoms with Gasteiger partial charge in [0.2, 0.25) is 0 Å². The number of carbonyl (C=O) groups is 2. The van der Waals surface area contributed by atoms with Crippen LogP contribution in [0.25, 0.3) is 0 Å². The number of esters is 1. The molecule has 0 aliphatic rings. The van der Waals surface area contributed by atoms with E-state index in [1.54, 1.807) is 25.1 Å². The molecule has 0 spiro atoms. The predicted molar refractivity (Wildman–Crippen MR) is 79.4 cm³/mol. The van der Waals surface area contributed by atoms with Gasteiger partial charge in [-0.05, 0) is 36.9 Å². The van der Waals surface area contributed by atoms with Crippen molar-refractivity contribution in [1.82, 2.24) is 0 Å². The third-order valence-electron chi connectivity index (χ3n) is 2.75. The minimum atomic E-state index is -0.424. The molecule has 0 saturated carbocycles. The fourth-order valence-corrected chi connectivity index (χ4v) is 2.46. The summed E-state index contributed by atoms with van der Waals surface area (Å²) in [5.41, 5.74) is 1.65. The van der Waals surface area contributed by atoms with Gasteiger partial charge in [-0.15, -0.1) is 11.3 Å². The van der Waals surface area contributed by atoms with Gasteiger partial charge in [-0.25, -0.2) is 4.79 Å². The van der Waals surface area contributed by atoms with Gasteiger partial charge in [0, 0.05) is 0 Å². The van der Waals surface area contributed by atoms with E-state index in [-0.39, 0.29) is 5.91 Å². The quantitative estimate of drug-likeness (QED) is 0.877. The van der Waals surface area contributed by atoms with E-state index in [2.05, 4.69) is 5.32 Å². The second-order valence-corrected chi connectivity index (χ2v) is 5.10. The highest BCUT2D eigenvalue weighted by Gasteiger charge is 2.17. The van der Waals surface area contributed by atoms with Crippen molar-refractivity contribution in [3.63, 3.8) is 0 Å². The number of benzene rings is 1. The lowest BCUT2D eigenvalue weighted by molar-refractivity contribution is 0.0527. The average molecular weight is 289 g/mol. The number of aryl methyl sites for hydroxylation is 1. The summed E-state index contributed by atoms with van der Waals surface area (Å²) in [6.07, 6.45) is 0. The summed E-state index contributed by atoms with van der Waals surface area (Å²) >= 11 is 1.35. The molecule has 0 bridgehead atoms. The first-order valence-corrected chi connectivity index (χ1v) is 7.13. The highest BCUT2D eigenvalue weighted by molar-refractivity contribution is 7.12. The predicted octanol–water partition coefficient (Wildman–Crippen LogP) is 3.49. The van der Waals surface area contributed by atoms with Crippen LogP contribution in [0.15, 0.2) is 35.7 Å². The fourth-order valence-electron chi connectivity index (χ4n) is 1.84. The number of nitrogens with one attached hydrogen (secondary N) is 1. The van der Waals surface area contributed by atoms with Crippen molar-refractivity contribution < 1.29 is 14.3 Å². The molecule has 5 heteroatoms. The van der Waals surface area contributed by atoms with Crippen molar-refractivity contribution in [2.45, 2.75) is 13.8 Å². The van der Waals surface area contributed by atoms with Crippen molar-refractivity contribution in [2.75, 3.05) is 11.9 Å². The van der Waals surface area contributed by atoms with Crippen LogP contribution < -0.4 is 5.32 Å². The van der Waals surface area contributed by atoms with E-state index in [0.29, 0.717) is 22.7 Å². The molecule has 1 aromatic heterocycles. The van der Waals surface area contributed by atoms with E-state index in [1.807, 2.05) is 24.4 Å². The van der Waals surface area contributed by atoms with E-state index < -0.39 is 5.97 Å². The maximum Gasteiger partial charge on any atom is 0.340 e. The Morgan fingerprint density at radius 1 is 1.25 bits per heavy atom. The maximum absolute atomic E-state index is 12.1. The summed E-state index contributed by atoms with van der Waals surface area (Å²) in [5, 5.41) is 4.59. The molecule has 1 N–H and O–H groups in total. The Hall–Kier alpha value is -2.14. The third kappa shape index (κ3) is 3.05. The topological polar surface area (TPSA) is 55.4 Å². The van der Waals surface area contributed by atoms with Gasteiger partial charge in [-0.1, -0.05) is 18.2 Å². The molecular formula is C15H15NO3S. The lowest BCUT2D eigenvalue weighted by atomic mass is 10.1. The number of hydrogen-bond acceptors (Lipinski definition) is 4. The van der Waals surface area contributed by atoms with Crippen LogP contribution in [-0.4, -0.2) is 18.5 Å². The van der Waals surface area contributed by atoms with Crippen molar-refractivity contribution in [1.29, 1.82) is 0 Å². The number of ether oxygens (including phenoxy) is 1. The fraction of sp³-hybridized carbons (Fsp3) is 0.200. The SMILES string of the molecule is CCOC(=O)c1c(C)cccc1NC(=O)c1cccs1. The van der Waals surface area contributed by atoms with Crippen LogP contribution >= 0.6 is 11.3 Å². The summed E-state index contributed by atoms with van der Waals surface area (Å²) in [7, 11) is 0. The summed E-state index contributed by atoms with van der Waals surface area (Å²) in [6.45, 7) is 3.86. The first kappa shape index (κ1) is 14.3. The Morgan fingerprint density at radius 3 is 2.70 bits per heavy atom. The van der Waals surface area contributed by atoms with Gasteiger partial charge in [0.1, 0.15) is 0 Å². The molecule has 1 heterocycles. The zero-order valence-electron chi connectivity index (χ0n) is 11.3. The largest absolute Gasteiger partial charge is 0.462 e. The van der Waals surface area contributed by atoms with Gasteiger partial charge in [-0.2, -0.15) is 0 Å². The molecule has 0 fully saturated rings. The zero-order chi connectivity index (χ0) is 14.5. The minimum Gasteiger partial charge on any atom is -0.462 e. The van der Waals surface area contributed by atoms with Gasteiger partial charge in [0.25, 0.3) is 5.91 Å². The maximum atomic E-state index is 12.1. The Kier molecular flexibility index (Phi) is 4.53. The second-order valence-electron chi connectivity index (χ2n) is 4.15. The molecule has 2 aromatic rings. The van der Waals surface area contributed by atoms with Crippen molar-refractivity contribution in [3.05, 3.63) is 51.7 Å². The summed E-state index contributed by atoms with van der Waals surface area (Å²) in [4.78, 5) is 24.6. The van der Waals surface area contributed by atoms with Gasteiger partial charge in [0.15, 0.2) is 0 Å². The number of amides is 1. The minimum absolute atomic E-state index is 0.226. The molecule has 2 rings (SSSR count).